The Hall–Kier alpha value is -4.63. The van der Waals surface area contributed by atoms with Crippen molar-refractivity contribution in [2.45, 2.75) is 19.9 Å². The third kappa shape index (κ3) is 4.83. The summed E-state index contributed by atoms with van der Waals surface area (Å²) < 4.78 is 14.0. The Morgan fingerprint density at radius 2 is 2.05 bits per heavy atom. The highest BCUT2D eigenvalue weighted by Gasteiger charge is 2.24. The van der Waals surface area contributed by atoms with Crippen LogP contribution in [0.3, 0.4) is 0 Å². The number of aromatic amines is 2. The molecule has 0 amide bonds. The molecule has 38 heavy (non-hydrogen) atoms. The number of rotatable bonds is 7. The summed E-state index contributed by atoms with van der Waals surface area (Å²) in [6, 6.07) is 6.57. The molecule has 8 nitrogen and oxygen atoms in total. The molecule has 0 radical (unpaired) electrons. The van der Waals surface area contributed by atoms with Crippen LogP contribution in [0.2, 0.25) is 0 Å². The van der Waals surface area contributed by atoms with Gasteiger partial charge in [-0.3, -0.25) is 10.1 Å². The van der Waals surface area contributed by atoms with Crippen molar-refractivity contribution in [2.24, 2.45) is 5.73 Å². The van der Waals surface area contributed by atoms with Crippen molar-refractivity contribution >= 4 is 29.6 Å². The summed E-state index contributed by atoms with van der Waals surface area (Å²) in [5.74, 6) is 1.04. The van der Waals surface area contributed by atoms with Crippen LogP contribution in [0.5, 0.6) is 0 Å². The van der Waals surface area contributed by atoms with Gasteiger partial charge in [-0.25, -0.2) is 14.4 Å². The Kier molecular flexibility index (Phi) is 6.85. The zero-order chi connectivity index (χ0) is 26.8. The lowest BCUT2D eigenvalue weighted by Crippen LogP contribution is -2.56. The summed E-state index contributed by atoms with van der Waals surface area (Å²) in [6.07, 6.45) is 10.9. The molecule has 0 saturated carbocycles. The number of halogens is 1. The highest BCUT2D eigenvalue weighted by molar-refractivity contribution is 5.88. The van der Waals surface area contributed by atoms with Gasteiger partial charge in [-0.05, 0) is 43.2 Å². The highest BCUT2D eigenvalue weighted by Crippen LogP contribution is 2.27. The number of aromatic nitrogens is 6. The van der Waals surface area contributed by atoms with E-state index in [9.17, 15) is 4.39 Å². The van der Waals surface area contributed by atoms with Crippen molar-refractivity contribution in [3.8, 4) is 11.5 Å². The van der Waals surface area contributed by atoms with Gasteiger partial charge < -0.3 is 15.6 Å². The molecule has 0 unspecified atom stereocenters. The molecule has 4 aromatic rings. The highest BCUT2D eigenvalue weighted by atomic mass is 19.1. The summed E-state index contributed by atoms with van der Waals surface area (Å²) in [4.78, 5) is 19.5. The van der Waals surface area contributed by atoms with E-state index in [1.807, 2.05) is 38.1 Å². The fourth-order valence-electron chi connectivity index (χ4n) is 4.45. The van der Waals surface area contributed by atoms with E-state index in [0.29, 0.717) is 28.1 Å². The van der Waals surface area contributed by atoms with Crippen LogP contribution in [-0.4, -0.2) is 49.3 Å². The maximum Gasteiger partial charge on any atom is 0.159 e. The number of nitrogens with zero attached hydrogens (tertiary/aromatic N) is 5. The van der Waals surface area contributed by atoms with Gasteiger partial charge in [0.15, 0.2) is 5.82 Å². The number of H-pyrrole nitrogens is 2. The third-order valence-corrected chi connectivity index (χ3v) is 6.43. The van der Waals surface area contributed by atoms with Gasteiger partial charge in [-0.1, -0.05) is 43.5 Å². The summed E-state index contributed by atoms with van der Waals surface area (Å²) in [5.41, 5.74) is 11.1. The molecule has 0 spiro atoms. The molecule has 192 valence electrons. The number of nitrogens with one attached hydrogen (secondary N) is 2. The lowest BCUT2D eigenvalue weighted by molar-refractivity contribution is 0.513. The molecule has 4 heterocycles. The van der Waals surface area contributed by atoms with E-state index in [2.05, 4.69) is 38.2 Å². The molecule has 1 aliphatic rings. The zero-order valence-electron chi connectivity index (χ0n) is 21.4. The van der Waals surface area contributed by atoms with Gasteiger partial charge in [0.25, 0.3) is 0 Å². The molecule has 4 N–H and O–H groups in total. The number of benzene rings is 1. The standard InChI is InChI=1S/C29H29FN8/c1-5-8-23(20-9-7-10-21(30)11-20)27-18(4)33-29(35-27)28-24(17(3)36-37-28)12-19(6-2)25-13-32-14-26(34-25)38-15-22(31)16-38/h5-14,22,36H,1,3,15-16,31H2,2,4H3,(H,33,35)/b19-6+,23-8-,24-12+. The van der Waals surface area contributed by atoms with Crippen LogP contribution in [0.4, 0.5) is 10.2 Å². The maximum absolute atomic E-state index is 14.0. The average Bonchev–Trinajstić information content (AvgIpc) is 3.45. The molecule has 5 rings (SSSR count). The van der Waals surface area contributed by atoms with Crippen molar-refractivity contribution in [3.63, 3.8) is 0 Å². The van der Waals surface area contributed by atoms with Crippen LogP contribution in [0.1, 0.15) is 29.6 Å². The van der Waals surface area contributed by atoms with E-state index < -0.39 is 0 Å². The summed E-state index contributed by atoms with van der Waals surface area (Å²) in [6.45, 7) is 13.3. The first-order valence-electron chi connectivity index (χ1n) is 12.3. The van der Waals surface area contributed by atoms with Crippen LogP contribution in [0.25, 0.3) is 35.3 Å². The summed E-state index contributed by atoms with van der Waals surface area (Å²) in [7, 11) is 0. The van der Waals surface area contributed by atoms with E-state index in [1.54, 1.807) is 24.5 Å². The molecule has 1 fully saturated rings. The molecule has 0 atom stereocenters. The first-order valence-corrected chi connectivity index (χ1v) is 12.3. The summed E-state index contributed by atoms with van der Waals surface area (Å²) in [5, 5.41) is 8.88. The number of anilines is 1. The Morgan fingerprint density at radius 3 is 2.76 bits per heavy atom. The largest absolute Gasteiger partial charge is 0.352 e. The Labute approximate surface area is 219 Å². The van der Waals surface area contributed by atoms with E-state index in [-0.39, 0.29) is 11.9 Å². The second kappa shape index (κ2) is 10.4. The first kappa shape index (κ1) is 25.0. The second-order valence-electron chi connectivity index (χ2n) is 9.17. The van der Waals surface area contributed by atoms with Gasteiger partial charge in [-0.2, -0.15) is 5.10 Å². The number of hydrogen-bond acceptors (Lipinski definition) is 6. The molecule has 3 aromatic heterocycles. The zero-order valence-corrected chi connectivity index (χ0v) is 21.4. The van der Waals surface area contributed by atoms with E-state index in [1.165, 1.54) is 12.1 Å². The third-order valence-electron chi connectivity index (χ3n) is 6.43. The van der Waals surface area contributed by atoms with Crippen LogP contribution in [0.15, 0.2) is 61.5 Å². The lowest BCUT2D eigenvalue weighted by Gasteiger charge is -2.37. The molecular formula is C29H29FN8. The van der Waals surface area contributed by atoms with Crippen molar-refractivity contribution in [1.82, 2.24) is 30.1 Å². The van der Waals surface area contributed by atoms with Gasteiger partial charge in [0.05, 0.1) is 29.1 Å². The van der Waals surface area contributed by atoms with Gasteiger partial charge in [0.2, 0.25) is 0 Å². The predicted octanol–water partition coefficient (Wildman–Crippen LogP) is 3.10. The lowest BCUT2D eigenvalue weighted by atomic mass is 10.0. The predicted molar refractivity (Wildman–Crippen MR) is 150 cm³/mol. The average molecular weight is 509 g/mol. The van der Waals surface area contributed by atoms with Gasteiger partial charge in [-0.15, -0.1) is 0 Å². The van der Waals surface area contributed by atoms with E-state index in [4.69, 9.17) is 15.7 Å². The smallest absolute Gasteiger partial charge is 0.159 e. The topological polar surface area (TPSA) is 112 Å². The van der Waals surface area contributed by atoms with Crippen LogP contribution in [0, 0.1) is 12.7 Å². The molecule has 0 aliphatic carbocycles. The number of allylic oxidation sites excluding steroid dienone is 4. The SMILES string of the molecule is C=C/C=C(/c1cccc(F)c1)c1nc(-c2n[nH]c(=C)/c2=C\C(=C/C)c2cncc(N3CC(N)C3)n2)[nH]c1C. The summed E-state index contributed by atoms with van der Waals surface area (Å²) >= 11 is 0. The minimum absolute atomic E-state index is 0.166. The second-order valence-corrected chi connectivity index (χ2v) is 9.17. The number of imidazole rings is 1. The van der Waals surface area contributed by atoms with Gasteiger partial charge in [0, 0.05) is 35.6 Å². The Bertz CT molecular complexity index is 1670. The molecule has 0 bridgehead atoms. The van der Waals surface area contributed by atoms with E-state index >= 15 is 0 Å². The maximum atomic E-state index is 14.0. The Balaban J connectivity index is 1.55. The first-order chi connectivity index (χ1) is 18.4. The fraction of sp³-hybridized carbons (Fsp3) is 0.172. The van der Waals surface area contributed by atoms with Crippen molar-refractivity contribution in [2.75, 3.05) is 18.0 Å². The number of nitrogens with two attached hydrogens (primary N) is 1. The van der Waals surface area contributed by atoms with Crippen molar-refractivity contribution in [1.29, 1.82) is 0 Å². The molecular weight excluding hydrogens is 479 g/mol. The quantitative estimate of drug-likeness (QED) is 0.331. The Morgan fingerprint density at radius 1 is 1.24 bits per heavy atom. The number of aryl methyl sites for hydroxylation is 1. The monoisotopic (exact) mass is 508 g/mol. The minimum atomic E-state index is -0.320. The van der Waals surface area contributed by atoms with Crippen LogP contribution in [-0.2, 0) is 0 Å². The van der Waals surface area contributed by atoms with Crippen molar-refractivity contribution < 1.29 is 4.39 Å². The minimum Gasteiger partial charge on any atom is -0.352 e. The van der Waals surface area contributed by atoms with Gasteiger partial charge in [0.1, 0.15) is 17.3 Å². The van der Waals surface area contributed by atoms with E-state index in [0.717, 1.165) is 46.7 Å². The van der Waals surface area contributed by atoms with Gasteiger partial charge >= 0.3 is 0 Å². The fourth-order valence-corrected chi connectivity index (χ4v) is 4.45. The number of hydrogen-bond donors (Lipinski definition) is 3. The molecule has 1 aromatic carbocycles. The van der Waals surface area contributed by atoms with Crippen molar-refractivity contribution in [3.05, 3.63) is 100 Å². The molecule has 1 saturated heterocycles. The molecule has 9 heteroatoms. The normalized spacial score (nSPS) is 15.2. The van der Waals surface area contributed by atoms with Crippen LogP contribution < -0.4 is 21.2 Å². The molecule has 1 aliphatic heterocycles. The van der Waals surface area contributed by atoms with Crippen LogP contribution >= 0.6 is 0 Å².